The SMILES string of the molecule is COC(=O)CCC(=O)c1ccc(F)c([N+](=O)[O-])c1. The second kappa shape index (κ2) is 5.85. The third-order valence-electron chi connectivity index (χ3n) is 2.25. The Morgan fingerprint density at radius 1 is 1.39 bits per heavy atom. The number of benzene rings is 1. The number of methoxy groups -OCH3 is 1. The van der Waals surface area contributed by atoms with Crippen LogP contribution in [0.3, 0.4) is 0 Å². The smallest absolute Gasteiger partial charge is 0.305 e. The van der Waals surface area contributed by atoms with Crippen molar-refractivity contribution in [1.29, 1.82) is 0 Å². The molecule has 0 saturated heterocycles. The Bertz CT molecular complexity index is 500. The van der Waals surface area contributed by atoms with E-state index in [2.05, 4.69) is 4.74 Å². The first-order valence-corrected chi connectivity index (χ1v) is 4.99. The van der Waals surface area contributed by atoms with Crippen LogP contribution in [0.25, 0.3) is 0 Å². The Labute approximate surface area is 102 Å². The van der Waals surface area contributed by atoms with E-state index in [-0.39, 0.29) is 18.4 Å². The minimum atomic E-state index is -1.01. The highest BCUT2D eigenvalue weighted by Crippen LogP contribution is 2.19. The van der Waals surface area contributed by atoms with Crippen LogP contribution in [0.2, 0.25) is 0 Å². The molecule has 0 bridgehead atoms. The molecule has 7 heteroatoms. The Kier molecular flexibility index (Phi) is 4.47. The molecular weight excluding hydrogens is 245 g/mol. The van der Waals surface area contributed by atoms with Crippen molar-refractivity contribution in [2.75, 3.05) is 7.11 Å². The van der Waals surface area contributed by atoms with Crippen molar-refractivity contribution in [2.24, 2.45) is 0 Å². The number of nitro benzene ring substituents is 1. The first-order valence-electron chi connectivity index (χ1n) is 4.99. The average Bonchev–Trinajstić information content (AvgIpc) is 2.35. The van der Waals surface area contributed by atoms with E-state index in [0.717, 1.165) is 18.2 Å². The number of rotatable bonds is 5. The molecule has 0 saturated carbocycles. The first kappa shape index (κ1) is 13.8. The highest BCUT2D eigenvalue weighted by atomic mass is 19.1. The number of nitro groups is 1. The highest BCUT2D eigenvalue weighted by Gasteiger charge is 2.18. The predicted molar refractivity (Wildman–Crippen MR) is 58.6 cm³/mol. The van der Waals surface area contributed by atoms with Crippen LogP contribution in [0.15, 0.2) is 18.2 Å². The molecule has 0 aliphatic rings. The first-order chi connectivity index (χ1) is 8.45. The molecule has 1 aromatic rings. The van der Waals surface area contributed by atoms with Gasteiger partial charge in [-0.2, -0.15) is 4.39 Å². The number of carbonyl (C=O) groups excluding carboxylic acids is 2. The summed E-state index contributed by atoms with van der Waals surface area (Å²) >= 11 is 0. The van der Waals surface area contributed by atoms with Crippen LogP contribution in [-0.4, -0.2) is 23.8 Å². The summed E-state index contributed by atoms with van der Waals surface area (Å²) < 4.78 is 17.4. The molecule has 0 radical (unpaired) electrons. The molecule has 0 spiro atoms. The number of esters is 1. The second-order valence-corrected chi connectivity index (χ2v) is 3.42. The van der Waals surface area contributed by atoms with Crippen molar-refractivity contribution in [3.8, 4) is 0 Å². The molecule has 0 aromatic heterocycles. The molecule has 0 atom stereocenters. The number of hydrogen-bond acceptors (Lipinski definition) is 5. The molecule has 0 amide bonds. The maximum Gasteiger partial charge on any atom is 0.305 e. The molecule has 0 aliphatic heterocycles. The minimum absolute atomic E-state index is 0.00740. The van der Waals surface area contributed by atoms with Gasteiger partial charge in [0.2, 0.25) is 5.82 Å². The summed E-state index contributed by atoms with van der Waals surface area (Å²) in [6.45, 7) is 0. The van der Waals surface area contributed by atoms with Gasteiger partial charge in [-0.05, 0) is 12.1 Å². The summed E-state index contributed by atoms with van der Waals surface area (Å²) in [5.74, 6) is -2.05. The van der Waals surface area contributed by atoms with Gasteiger partial charge in [0.05, 0.1) is 18.5 Å². The average molecular weight is 255 g/mol. The molecule has 0 heterocycles. The van der Waals surface area contributed by atoms with Crippen LogP contribution in [0.5, 0.6) is 0 Å². The lowest BCUT2D eigenvalue weighted by atomic mass is 10.1. The third-order valence-corrected chi connectivity index (χ3v) is 2.25. The molecule has 18 heavy (non-hydrogen) atoms. The van der Waals surface area contributed by atoms with Gasteiger partial charge in [-0.25, -0.2) is 0 Å². The number of carbonyl (C=O) groups is 2. The molecule has 1 aromatic carbocycles. The van der Waals surface area contributed by atoms with Crippen molar-refractivity contribution >= 4 is 17.4 Å². The zero-order valence-electron chi connectivity index (χ0n) is 9.51. The number of ketones is 1. The topological polar surface area (TPSA) is 86.5 Å². The summed E-state index contributed by atoms with van der Waals surface area (Å²) in [5, 5.41) is 10.5. The van der Waals surface area contributed by atoms with Gasteiger partial charge in [-0.3, -0.25) is 19.7 Å². The van der Waals surface area contributed by atoms with E-state index < -0.39 is 28.2 Å². The van der Waals surface area contributed by atoms with Gasteiger partial charge >= 0.3 is 11.7 Å². The van der Waals surface area contributed by atoms with E-state index in [1.54, 1.807) is 0 Å². The van der Waals surface area contributed by atoms with E-state index in [4.69, 9.17) is 0 Å². The summed E-state index contributed by atoms with van der Waals surface area (Å²) in [6, 6.07) is 2.85. The second-order valence-electron chi connectivity index (χ2n) is 3.42. The van der Waals surface area contributed by atoms with Gasteiger partial charge < -0.3 is 4.74 Å². The molecule has 0 aliphatic carbocycles. The van der Waals surface area contributed by atoms with Crippen molar-refractivity contribution in [2.45, 2.75) is 12.8 Å². The van der Waals surface area contributed by atoms with E-state index in [9.17, 15) is 24.1 Å². The zero-order valence-corrected chi connectivity index (χ0v) is 9.51. The van der Waals surface area contributed by atoms with Gasteiger partial charge in [0.1, 0.15) is 0 Å². The van der Waals surface area contributed by atoms with Gasteiger partial charge in [-0.1, -0.05) is 0 Å². The highest BCUT2D eigenvalue weighted by molar-refractivity contribution is 5.98. The van der Waals surface area contributed by atoms with E-state index in [0.29, 0.717) is 0 Å². The monoisotopic (exact) mass is 255 g/mol. The van der Waals surface area contributed by atoms with Crippen LogP contribution in [0, 0.1) is 15.9 Å². The normalized spacial score (nSPS) is 9.89. The van der Waals surface area contributed by atoms with Crippen LogP contribution >= 0.6 is 0 Å². The van der Waals surface area contributed by atoms with Gasteiger partial charge in [0.15, 0.2) is 5.78 Å². The van der Waals surface area contributed by atoms with Crippen LogP contribution < -0.4 is 0 Å². The molecule has 96 valence electrons. The van der Waals surface area contributed by atoms with Gasteiger partial charge in [-0.15, -0.1) is 0 Å². The fourth-order valence-electron chi connectivity index (χ4n) is 1.29. The fraction of sp³-hybridized carbons (Fsp3) is 0.273. The number of ether oxygens (including phenoxy) is 1. The maximum absolute atomic E-state index is 13.0. The fourth-order valence-corrected chi connectivity index (χ4v) is 1.29. The summed E-state index contributed by atoms with van der Waals surface area (Å²) in [4.78, 5) is 32.0. The molecule has 0 fully saturated rings. The minimum Gasteiger partial charge on any atom is -0.469 e. The Hall–Kier alpha value is -2.31. The Morgan fingerprint density at radius 3 is 2.61 bits per heavy atom. The van der Waals surface area contributed by atoms with Crippen LogP contribution in [0.4, 0.5) is 10.1 Å². The Balaban J connectivity index is 2.84. The van der Waals surface area contributed by atoms with Crippen molar-refractivity contribution < 1.29 is 23.6 Å². The lowest BCUT2D eigenvalue weighted by molar-refractivity contribution is -0.387. The number of hydrogen-bond donors (Lipinski definition) is 0. The third kappa shape index (κ3) is 3.34. The lowest BCUT2D eigenvalue weighted by Gasteiger charge is -2.01. The van der Waals surface area contributed by atoms with Gasteiger partial charge in [0.25, 0.3) is 0 Å². The maximum atomic E-state index is 13.0. The van der Waals surface area contributed by atoms with E-state index in [1.165, 1.54) is 7.11 Å². The van der Waals surface area contributed by atoms with Gasteiger partial charge in [0, 0.05) is 18.1 Å². The molecule has 1 rings (SSSR count). The van der Waals surface area contributed by atoms with Crippen molar-refractivity contribution in [1.82, 2.24) is 0 Å². The number of nitrogens with zero attached hydrogens (tertiary/aromatic N) is 1. The predicted octanol–water partition coefficient (Wildman–Crippen LogP) is 1.87. The summed E-state index contributed by atoms with van der Waals surface area (Å²) in [5.41, 5.74) is -0.772. The molecule has 0 N–H and O–H groups in total. The van der Waals surface area contributed by atoms with Crippen molar-refractivity contribution in [3.63, 3.8) is 0 Å². The van der Waals surface area contributed by atoms with Crippen molar-refractivity contribution in [3.05, 3.63) is 39.7 Å². The number of halogens is 1. The Morgan fingerprint density at radius 2 is 2.06 bits per heavy atom. The molecule has 0 unspecified atom stereocenters. The standard InChI is InChI=1S/C11H10FNO5/c1-18-11(15)5-4-10(14)7-2-3-8(12)9(6-7)13(16)17/h2-3,6H,4-5H2,1H3. The lowest BCUT2D eigenvalue weighted by Crippen LogP contribution is -2.06. The zero-order chi connectivity index (χ0) is 13.7. The quantitative estimate of drug-likeness (QED) is 0.347. The summed E-state index contributed by atoms with van der Waals surface area (Å²) in [7, 11) is 1.19. The summed E-state index contributed by atoms with van der Waals surface area (Å²) in [6.07, 6.45) is -0.268. The largest absolute Gasteiger partial charge is 0.469 e. The van der Waals surface area contributed by atoms with E-state index >= 15 is 0 Å². The van der Waals surface area contributed by atoms with E-state index in [1.807, 2.05) is 0 Å². The molecule has 6 nitrogen and oxygen atoms in total. The van der Waals surface area contributed by atoms with Crippen LogP contribution in [0.1, 0.15) is 23.2 Å². The van der Waals surface area contributed by atoms with Crippen LogP contribution in [-0.2, 0) is 9.53 Å². The number of Topliss-reactive ketones (excluding diaryl/α,β-unsaturated/α-hetero) is 1. The molecular formula is C11H10FNO5.